The lowest BCUT2D eigenvalue weighted by Gasteiger charge is -2.36. The lowest BCUT2D eigenvalue weighted by molar-refractivity contribution is -0.128. The van der Waals surface area contributed by atoms with E-state index in [4.69, 9.17) is 4.74 Å². The molecule has 14 heavy (non-hydrogen) atoms. The van der Waals surface area contributed by atoms with Crippen LogP contribution in [-0.4, -0.2) is 43.5 Å². The Balaban J connectivity index is 1.95. The van der Waals surface area contributed by atoms with Gasteiger partial charge in [0.15, 0.2) is 0 Å². The van der Waals surface area contributed by atoms with E-state index in [2.05, 4.69) is 4.90 Å². The van der Waals surface area contributed by atoms with Gasteiger partial charge in [-0.05, 0) is 12.8 Å². The topological polar surface area (TPSA) is 29.5 Å². The molecule has 1 saturated carbocycles. The highest BCUT2D eigenvalue weighted by molar-refractivity contribution is 5.83. The number of ether oxygens (including phenoxy) is 1. The number of ketones is 1. The van der Waals surface area contributed by atoms with Gasteiger partial charge >= 0.3 is 0 Å². The Morgan fingerprint density at radius 2 is 2.36 bits per heavy atom. The second-order valence-corrected chi connectivity index (χ2v) is 4.35. The van der Waals surface area contributed by atoms with Crippen LogP contribution in [0.3, 0.4) is 0 Å². The molecule has 2 atom stereocenters. The molecule has 0 unspecified atom stereocenters. The lowest BCUT2D eigenvalue weighted by atomic mass is 9.91. The van der Waals surface area contributed by atoms with Crippen molar-refractivity contribution in [1.82, 2.24) is 4.90 Å². The zero-order chi connectivity index (χ0) is 9.97. The number of methoxy groups -OCH3 is 1. The standard InChI is InChI=1S/C11H19NO2/c1-14-8-7-12-6-5-11(13)9-3-2-4-10(9)12/h9-10H,2-8H2,1H3/t9-,10-/m1/s1. The highest BCUT2D eigenvalue weighted by Gasteiger charge is 2.39. The Bertz CT molecular complexity index is 217. The summed E-state index contributed by atoms with van der Waals surface area (Å²) in [5.74, 6) is 0.849. The summed E-state index contributed by atoms with van der Waals surface area (Å²) in [6.07, 6.45) is 4.31. The van der Waals surface area contributed by atoms with Gasteiger partial charge in [0.25, 0.3) is 0 Å². The molecule has 0 aromatic rings. The van der Waals surface area contributed by atoms with Crippen molar-refractivity contribution in [1.29, 1.82) is 0 Å². The number of nitrogens with zero attached hydrogens (tertiary/aromatic N) is 1. The summed E-state index contributed by atoms with van der Waals surface area (Å²) in [6.45, 7) is 2.73. The molecular weight excluding hydrogens is 178 g/mol. The summed E-state index contributed by atoms with van der Waals surface area (Å²) in [7, 11) is 1.74. The summed E-state index contributed by atoms with van der Waals surface area (Å²) in [5, 5.41) is 0. The minimum Gasteiger partial charge on any atom is -0.383 e. The Labute approximate surface area is 85.4 Å². The van der Waals surface area contributed by atoms with E-state index in [1.807, 2.05) is 0 Å². The van der Waals surface area contributed by atoms with Gasteiger partial charge in [0.05, 0.1) is 6.61 Å². The molecule has 3 heteroatoms. The molecule has 80 valence electrons. The molecule has 2 aliphatic rings. The molecule has 0 amide bonds. The van der Waals surface area contributed by atoms with Gasteiger partial charge in [0.1, 0.15) is 5.78 Å². The smallest absolute Gasteiger partial charge is 0.138 e. The maximum Gasteiger partial charge on any atom is 0.138 e. The summed E-state index contributed by atoms with van der Waals surface area (Å²) in [6, 6.07) is 0.534. The van der Waals surface area contributed by atoms with E-state index in [1.165, 1.54) is 12.8 Å². The third-order valence-electron chi connectivity index (χ3n) is 3.59. The second-order valence-electron chi connectivity index (χ2n) is 4.35. The Hall–Kier alpha value is -0.410. The van der Waals surface area contributed by atoms with E-state index in [-0.39, 0.29) is 0 Å². The van der Waals surface area contributed by atoms with Crippen molar-refractivity contribution in [3.63, 3.8) is 0 Å². The summed E-state index contributed by atoms with van der Waals surface area (Å²) < 4.78 is 5.09. The minimum absolute atomic E-state index is 0.348. The van der Waals surface area contributed by atoms with Gasteiger partial charge in [0.2, 0.25) is 0 Å². The zero-order valence-electron chi connectivity index (χ0n) is 8.87. The molecule has 0 radical (unpaired) electrons. The first-order chi connectivity index (χ1) is 6.83. The van der Waals surface area contributed by atoms with Crippen LogP contribution in [0.15, 0.2) is 0 Å². The van der Waals surface area contributed by atoms with Crippen LogP contribution in [0.4, 0.5) is 0 Å². The van der Waals surface area contributed by atoms with Gasteiger partial charge in [0, 0.05) is 38.6 Å². The number of fused-ring (bicyclic) bond motifs is 1. The molecule has 0 aromatic heterocycles. The van der Waals surface area contributed by atoms with Gasteiger partial charge in [-0.3, -0.25) is 9.69 Å². The van der Waals surface area contributed by atoms with E-state index >= 15 is 0 Å². The predicted octanol–water partition coefficient (Wildman–Crippen LogP) is 1.08. The third kappa shape index (κ3) is 1.84. The fourth-order valence-corrected chi connectivity index (χ4v) is 2.84. The van der Waals surface area contributed by atoms with E-state index < -0.39 is 0 Å². The number of Topliss-reactive ketones (excluding diaryl/α,β-unsaturated/α-hetero) is 1. The van der Waals surface area contributed by atoms with Crippen LogP contribution in [0.5, 0.6) is 0 Å². The minimum atomic E-state index is 0.348. The first-order valence-corrected chi connectivity index (χ1v) is 5.58. The molecule has 0 bridgehead atoms. The molecule has 2 fully saturated rings. The molecule has 0 spiro atoms. The quantitative estimate of drug-likeness (QED) is 0.678. The molecule has 1 saturated heterocycles. The number of rotatable bonds is 3. The van der Waals surface area contributed by atoms with Crippen molar-refractivity contribution in [3.05, 3.63) is 0 Å². The van der Waals surface area contributed by atoms with Crippen LogP contribution in [0.1, 0.15) is 25.7 Å². The number of carbonyl (C=O) groups excluding carboxylic acids is 1. The maximum absolute atomic E-state index is 11.6. The van der Waals surface area contributed by atoms with Crippen LogP contribution in [-0.2, 0) is 9.53 Å². The average molecular weight is 197 g/mol. The summed E-state index contributed by atoms with van der Waals surface area (Å²) >= 11 is 0. The largest absolute Gasteiger partial charge is 0.383 e. The molecule has 1 aliphatic carbocycles. The van der Waals surface area contributed by atoms with Crippen molar-refractivity contribution in [2.45, 2.75) is 31.7 Å². The summed E-state index contributed by atoms with van der Waals surface area (Å²) in [5.41, 5.74) is 0. The average Bonchev–Trinajstić information content (AvgIpc) is 2.66. The number of hydrogen-bond acceptors (Lipinski definition) is 3. The highest BCUT2D eigenvalue weighted by atomic mass is 16.5. The Morgan fingerprint density at radius 3 is 3.14 bits per heavy atom. The molecule has 3 nitrogen and oxygen atoms in total. The normalized spacial score (nSPS) is 33.4. The fourth-order valence-electron chi connectivity index (χ4n) is 2.84. The van der Waals surface area contributed by atoms with Crippen LogP contribution < -0.4 is 0 Å². The van der Waals surface area contributed by atoms with Gasteiger partial charge < -0.3 is 4.74 Å². The van der Waals surface area contributed by atoms with Gasteiger partial charge in [-0.1, -0.05) is 6.42 Å². The molecular formula is C11H19NO2. The number of piperidine rings is 1. The van der Waals surface area contributed by atoms with E-state index in [9.17, 15) is 4.79 Å². The molecule has 1 aliphatic heterocycles. The number of likely N-dealkylation sites (tertiary alicyclic amines) is 1. The van der Waals surface area contributed by atoms with Crippen molar-refractivity contribution >= 4 is 5.78 Å². The monoisotopic (exact) mass is 197 g/mol. The van der Waals surface area contributed by atoms with Crippen LogP contribution >= 0.6 is 0 Å². The first-order valence-electron chi connectivity index (χ1n) is 5.58. The number of hydrogen-bond donors (Lipinski definition) is 0. The summed E-state index contributed by atoms with van der Waals surface area (Å²) in [4.78, 5) is 14.1. The molecule has 1 heterocycles. The second kappa shape index (κ2) is 4.41. The van der Waals surface area contributed by atoms with Crippen molar-refractivity contribution in [2.75, 3.05) is 26.8 Å². The lowest BCUT2D eigenvalue weighted by Crippen LogP contribution is -2.47. The van der Waals surface area contributed by atoms with Crippen LogP contribution in [0.25, 0.3) is 0 Å². The first kappa shape index (κ1) is 10.1. The molecule has 0 aromatic carbocycles. The SMILES string of the molecule is COCCN1CCC(=O)[C@@H]2CCC[C@H]21. The third-order valence-corrected chi connectivity index (χ3v) is 3.59. The molecule has 2 rings (SSSR count). The van der Waals surface area contributed by atoms with Gasteiger partial charge in [-0.2, -0.15) is 0 Å². The molecule has 0 N–H and O–H groups in total. The van der Waals surface area contributed by atoms with E-state index in [0.29, 0.717) is 17.7 Å². The fraction of sp³-hybridized carbons (Fsp3) is 0.909. The zero-order valence-corrected chi connectivity index (χ0v) is 8.87. The maximum atomic E-state index is 11.6. The Morgan fingerprint density at radius 1 is 1.50 bits per heavy atom. The highest BCUT2D eigenvalue weighted by Crippen LogP contribution is 2.34. The van der Waals surface area contributed by atoms with Crippen molar-refractivity contribution in [2.24, 2.45) is 5.92 Å². The van der Waals surface area contributed by atoms with E-state index in [1.54, 1.807) is 7.11 Å². The predicted molar refractivity (Wildman–Crippen MR) is 54.2 cm³/mol. The van der Waals surface area contributed by atoms with E-state index in [0.717, 1.165) is 32.5 Å². The van der Waals surface area contributed by atoms with Crippen LogP contribution in [0.2, 0.25) is 0 Å². The van der Waals surface area contributed by atoms with Crippen LogP contribution in [0, 0.1) is 5.92 Å². The Kier molecular flexibility index (Phi) is 3.19. The number of carbonyl (C=O) groups is 1. The van der Waals surface area contributed by atoms with Crippen molar-refractivity contribution < 1.29 is 9.53 Å². The van der Waals surface area contributed by atoms with Crippen molar-refractivity contribution in [3.8, 4) is 0 Å². The van der Waals surface area contributed by atoms with Gasteiger partial charge in [-0.15, -0.1) is 0 Å². The van der Waals surface area contributed by atoms with Gasteiger partial charge in [-0.25, -0.2) is 0 Å².